The lowest BCUT2D eigenvalue weighted by Gasteiger charge is -2.32. The molecule has 3 amide bonds. The predicted octanol–water partition coefficient (Wildman–Crippen LogP) is 0.241. The van der Waals surface area contributed by atoms with Crippen LogP contribution in [0, 0.1) is 0 Å². The number of fused-ring (bicyclic) bond motifs is 1. The van der Waals surface area contributed by atoms with Gasteiger partial charge in [-0.25, -0.2) is 0 Å². The first-order valence-corrected chi connectivity index (χ1v) is 9.24. The SMILES string of the molecule is CC1CN(Cc2cccc3c2CN(C2CCC(=O)NC2=O)C3=O)CCN1. The van der Waals surface area contributed by atoms with Gasteiger partial charge in [0.1, 0.15) is 6.04 Å². The number of carbonyl (C=O) groups is 3. The van der Waals surface area contributed by atoms with Crippen LogP contribution in [0.3, 0.4) is 0 Å². The highest BCUT2D eigenvalue weighted by atomic mass is 16.2. The Morgan fingerprint density at radius 3 is 2.85 bits per heavy atom. The van der Waals surface area contributed by atoms with Gasteiger partial charge in [0.05, 0.1) is 0 Å². The average molecular weight is 356 g/mol. The topological polar surface area (TPSA) is 81.8 Å². The fourth-order valence-corrected chi connectivity index (χ4v) is 4.19. The van der Waals surface area contributed by atoms with Gasteiger partial charge >= 0.3 is 0 Å². The first-order valence-electron chi connectivity index (χ1n) is 9.24. The van der Waals surface area contributed by atoms with E-state index in [9.17, 15) is 14.4 Å². The third-order valence-corrected chi connectivity index (χ3v) is 5.53. The summed E-state index contributed by atoms with van der Waals surface area (Å²) in [5.74, 6) is -0.728. The Hall–Kier alpha value is -2.25. The highest BCUT2D eigenvalue weighted by molar-refractivity contribution is 6.05. The van der Waals surface area contributed by atoms with E-state index >= 15 is 0 Å². The molecule has 138 valence electrons. The van der Waals surface area contributed by atoms with Crippen molar-refractivity contribution >= 4 is 17.7 Å². The summed E-state index contributed by atoms with van der Waals surface area (Å²) in [5.41, 5.74) is 2.86. The molecule has 3 aliphatic rings. The van der Waals surface area contributed by atoms with Crippen LogP contribution in [0.4, 0.5) is 0 Å². The van der Waals surface area contributed by atoms with Gasteiger partial charge in [0.25, 0.3) is 5.91 Å². The normalized spacial score (nSPS) is 26.8. The lowest BCUT2D eigenvalue weighted by Crippen LogP contribution is -2.52. The molecule has 0 saturated carbocycles. The van der Waals surface area contributed by atoms with Gasteiger partial charge in [-0.3, -0.25) is 24.6 Å². The summed E-state index contributed by atoms with van der Waals surface area (Å²) in [7, 11) is 0. The average Bonchev–Trinajstić information content (AvgIpc) is 2.93. The molecule has 4 rings (SSSR count). The van der Waals surface area contributed by atoms with E-state index in [1.807, 2.05) is 12.1 Å². The summed E-state index contributed by atoms with van der Waals surface area (Å²) in [4.78, 5) is 40.5. The fraction of sp³-hybridized carbons (Fsp3) is 0.526. The third kappa shape index (κ3) is 3.12. The highest BCUT2D eigenvalue weighted by Gasteiger charge is 2.39. The molecule has 2 saturated heterocycles. The Morgan fingerprint density at radius 2 is 2.08 bits per heavy atom. The molecule has 2 fully saturated rings. The summed E-state index contributed by atoms with van der Waals surface area (Å²) >= 11 is 0. The van der Waals surface area contributed by atoms with E-state index in [0.717, 1.165) is 37.3 Å². The predicted molar refractivity (Wildman–Crippen MR) is 95.2 cm³/mol. The van der Waals surface area contributed by atoms with E-state index in [4.69, 9.17) is 0 Å². The van der Waals surface area contributed by atoms with Crippen molar-refractivity contribution in [2.24, 2.45) is 0 Å². The van der Waals surface area contributed by atoms with E-state index in [0.29, 0.717) is 24.6 Å². The number of benzene rings is 1. The number of amides is 3. The molecule has 0 aromatic heterocycles. The maximum Gasteiger partial charge on any atom is 0.255 e. The molecule has 1 aromatic carbocycles. The molecule has 0 aliphatic carbocycles. The number of piperidine rings is 1. The van der Waals surface area contributed by atoms with Gasteiger partial charge in [-0.2, -0.15) is 0 Å². The van der Waals surface area contributed by atoms with E-state index in [1.165, 1.54) is 0 Å². The summed E-state index contributed by atoms with van der Waals surface area (Å²) in [5, 5.41) is 5.79. The Kier molecular flexibility index (Phi) is 4.50. The number of carbonyl (C=O) groups excluding carboxylic acids is 3. The number of nitrogens with zero attached hydrogens (tertiary/aromatic N) is 2. The van der Waals surface area contributed by atoms with Crippen LogP contribution in [-0.4, -0.2) is 59.2 Å². The van der Waals surface area contributed by atoms with E-state index < -0.39 is 6.04 Å². The molecule has 3 heterocycles. The van der Waals surface area contributed by atoms with Crippen LogP contribution in [0.25, 0.3) is 0 Å². The van der Waals surface area contributed by atoms with Gasteiger partial charge in [-0.1, -0.05) is 12.1 Å². The molecule has 0 bridgehead atoms. The number of nitrogens with one attached hydrogen (secondary N) is 2. The quantitative estimate of drug-likeness (QED) is 0.759. The Bertz CT molecular complexity index is 763. The molecule has 2 unspecified atom stereocenters. The van der Waals surface area contributed by atoms with Gasteiger partial charge in [-0.15, -0.1) is 0 Å². The molecule has 2 atom stereocenters. The highest BCUT2D eigenvalue weighted by Crippen LogP contribution is 2.30. The number of hydrogen-bond acceptors (Lipinski definition) is 5. The largest absolute Gasteiger partial charge is 0.322 e. The zero-order valence-electron chi connectivity index (χ0n) is 15.0. The summed E-state index contributed by atoms with van der Waals surface area (Å²) in [6.45, 7) is 6.37. The van der Waals surface area contributed by atoms with Gasteiger partial charge in [-0.05, 0) is 30.5 Å². The number of piperazine rings is 1. The first-order chi connectivity index (χ1) is 12.5. The molecular formula is C19H24N4O3. The second-order valence-corrected chi connectivity index (χ2v) is 7.43. The molecule has 1 aromatic rings. The van der Waals surface area contributed by atoms with Gasteiger partial charge in [0.15, 0.2) is 0 Å². The summed E-state index contributed by atoms with van der Waals surface area (Å²) in [6.07, 6.45) is 0.678. The molecule has 2 N–H and O–H groups in total. The molecule has 7 heteroatoms. The van der Waals surface area contributed by atoms with Gasteiger partial charge < -0.3 is 10.2 Å². The van der Waals surface area contributed by atoms with Gasteiger partial charge in [0.2, 0.25) is 11.8 Å². The third-order valence-electron chi connectivity index (χ3n) is 5.53. The summed E-state index contributed by atoms with van der Waals surface area (Å²) < 4.78 is 0. The minimum Gasteiger partial charge on any atom is -0.322 e. The molecule has 3 aliphatic heterocycles. The Labute approximate surface area is 152 Å². The Morgan fingerprint density at radius 1 is 1.23 bits per heavy atom. The second kappa shape index (κ2) is 6.81. The van der Waals surface area contributed by atoms with Crippen molar-refractivity contribution in [1.29, 1.82) is 0 Å². The first kappa shape index (κ1) is 17.2. The standard InChI is InChI=1S/C19H24N4O3/c1-12-9-22(8-7-20-12)10-13-3-2-4-14-15(13)11-23(19(14)26)16-5-6-17(24)21-18(16)25/h2-4,12,16,20H,5-11H2,1H3,(H,21,24,25). The molecule has 0 spiro atoms. The van der Waals surface area contributed by atoms with Crippen LogP contribution < -0.4 is 10.6 Å². The zero-order chi connectivity index (χ0) is 18.3. The fourth-order valence-electron chi connectivity index (χ4n) is 4.19. The lowest BCUT2D eigenvalue weighted by atomic mass is 10.0. The van der Waals surface area contributed by atoms with Crippen molar-refractivity contribution in [3.63, 3.8) is 0 Å². The van der Waals surface area contributed by atoms with Crippen molar-refractivity contribution in [2.75, 3.05) is 19.6 Å². The van der Waals surface area contributed by atoms with Crippen LogP contribution in [0.15, 0.2) is 18.2 Å². The van der Waals surface area contributed by atoms with Crippen molar-refractivity contribution in [3.05, 3.63) is 34.9 Å². The number of hydrogen-bond donors (Lipinski definition) is 2. The maximum absolute atomic E-state index is 12.9. The molecule has 7 nitrogen and oxygen atoms in total. The zero-order valence-corrected chi connectivity index (χ0v) is 15.0. The van der Waals surface area contributed by atoms with Crippen LogP contribution in [0.1, 0.15) is 41.3 Å². The second-order valence-electron chi connectivity index (χ2n) is 7.43. The number of imide groups is 1. The van der Waals surface area contributed by atoms with Gasteiger partial charge in [0, 0.05) is 50.7 Å². The van der Waals surface area contributed by atoms with Crippen molar-refractivity contribution in [1.82, 2.24) is 20.4 Å². The van der Waals surface area contributed by atoms with Crippen molar-refractivity contribution < 1.29 is 14.4 Å². The molecular weight excluding hydrogens is 332 g/mol. The van der Waals surface area contributed by atoms with Crippen LogP contribution in [0.5, 0.6) is 0 Å². The smallest absolute Gasteiger partial charge is 0.255 e. The molecule has 26 heavy (non-hydrogen) atoms. The van der Waals surface area contributed by atoms with Crippen LogP contribution in [-0.2, 0) is 22.7 Å². The molecule has 0 radical (unpaired) electrons. The minimum atomic E-state index is -0.556. The van der Waals surface area contributed by atoms with Crippen molar-refractivity contribution in [2.45, 2.75) is 44.9 Å². The minimum absolute atomic E-state index is 0.106. The van der Waals surface area contributed by atoms with E-state index in [1.54, 1.807) is 4.90 Å². The van der Waals surface area contributed by atoms with Crippen molar-refractivity contribution in [3.8, 4) is 0 Å². The summed E-state index contributed by atoms with van der Waals surface area (Å²) in [6, 6.07) is 5.74. The van der Waals surface area contributed by atoms with Crippen LogP contribution in [0.2, 0.25) is 0 Å². The Balaban J connectivity index is 1.54. The number of rotatable bonds is 3. The van der Waals surface area contributed by atoms with Crippen LogP contribution >= 0.6 is 0 Å². The van der Waals surface area contributed by atoms with E-state index in [-0.39, 0.29) is 24.1 Å². The van der Waals surface area contributed by atoms with E-state index in [2.05, 4.69) is 28.5 Å². The maximum atomic E-state index is 12.9. The lowest BCUT2D eigenvalue weighted by molar-refractivity contribution is -0.136. The monoisotopic (exact) mass is 356 g/mol.